The predicted octanol–water partition coefficient (Wildman–Crippen LogP) is 11.4. The van der Waals surface area contributed by atoms with Crippen molar-refractivity contribution in [3.8, 4) is 64.6 Å². The zero-order valence-electron chi connectivity index (χ0n) is 27.5. The summed E-state index contributed by atoms with van der Waals surface area (Å²) in [6, 6.07) is 36.2. The molecule has 0 saturated carbocycles. The fourth-order valence-corrected chi connectivity index (χ4v) is 7.18. The molecular weight excluding hydrogens is 619 g/mol. The van der Waals surface area contributed by atoms with E-state index in [4.69, 9.17) is 19.7 Å². The number of unbranched alkanes of at least 4 members (excludes halogenated alkanes) is 2. The first kappa shape index (κ1) is 32.5. The number of ether oxygens (including phenoxy) is 2. The van der Waals surface area contributed by atoms with Gasteiger partial charge in [-0.2, -0.15) is 0 Å². The fraction of sp³-hybridized carbons (Fsp3) is 0.250. The third-order valence-corrected chi connectivity index (χ3v) is 10.3. The van der Waals surface area contributed by atoms with Crippen molar-refractivity contribution >= 4 is 28.4 Å². The van der Waals surface area contributed by atoms with Gasteiger partial charge in [0.2, 0.25) is 0 Å². The minimum Gasteiger partial charge on any atom is -0.494 e. The summed E-state index contributed by atoms with van der Waals surface area (Å²) in [4.78, 5) is 6.66. The third-order valence-electron chi connectivity index (χ3n) is 8.00. The molecular formula is C40H41N3O2S2. The Morgan fingerprint density at radius 2 is 1.04 bits per heavy atom. The van der Waals surface area contributed by atoms with Gasteiger partial charge in [-0.05, 0) is 121 Å². The Labute approximate surface area is 286 Å². The van der Waals surface area contributed by atoms with Crippen molar-refractivity contribution in [3.63, 3.8) is 0 Å². The largest absolute Gasteiger partial charge is 0.494 e. The van der Waals surface area contributed by atoms with Crippen LogP contribution in [0, 0.1) is 0 Å². The van der Waals surface area contributed by atoms with Crippen LogP contribution in [0.4, 0.5) is 5.69 Å². The van der Waals surface area contributed by atoms with Crippen molar-refractivity contribution in [2.75, 3.05) is 32.2 Å². The number of nitrogens with zero attached hydrogens (tertiary/aromatic N) is 3. The Morgan fingerprint density at radius 3 is 1.57 bits per heavy atom. The van der Waals surface area contributed by atoms with Gasteiger partial charge in [-0.25, -0.2) is 0 Å². The first-order valence-corrected chi connectivity index (χ1v) is 18.0. The van der Waals surface area contributed by atoms with Crippen molar-refractivity contribution in [3.05, 3.63) is 103 Å². The first-order chi connectivity index (χ1) is 23.0. The van der Waals surface area contributed by atoms with E-state index < -0.39 is 0 Å². The molecule has 0 saturated heterocycles. The smallest absolute Gasteiger partial charge is 0.119 e. The molecule has 0 fully saturated rings. The quantitative estimate of drug-likeness (QED) is 0.109. The van der Waals surface area contributed by atoms with E-state index in [1.54, 1.807) is 22.7 Å². The normalized spacial score (nSPS) is 11.1. The number of thiophene rings is 2. The maximum Gasteiger partial charge on any atom is 0.119 e. The molecule has 0 atom stereocenters. The average molecular weight is 660 g/mol. The highest BCUT2D eigenvalue weighted by Gasteiger charge is 2.17. The lowest BCUT2D eigenvalue weighted by Gasteiger charge is -2.14. The number of hydrogen-bond donors (Lipinski definition) is 0. The molecule has 0 aliphatic heterocycles. The lowest BCUT2D eigenvalue weighted by Crippen LogP contribution is -2.07. The van der Waals surface area contributed by atoms with Crippen molar-refractivity contribution in [2.45, 2.75) is 39.5 Å². The zero-order valence-corrected chi connectivity index (χ0v) is 29.2. The van der Waals surface area contributed by atoms with Gasteiger partial charge < -0.3 is 14.4 Å². The molecule has 6 aromatic rings. The molecule has 47 heavy (non-hydrogen) atoms. The van der Waals surface area contributed by atoms with Crippen LogP contribution in [0.1, 0.15) is 39.5 Å². The van der Waals surface area contributed by atoms with Gasteiger partial charge in [0.25, 0.3) is 0 Å². The Kier molecular flexibility index (Phi) is 10.7. The van der Waals surface area contributed by atoms with E-state index in [0.29, 0.717) is 0 Å². The standard InChI is InChI=1S/C40H41N3O2S2/c1-5-7-25-44-32-17-11-29(12-18-32)36-21-23-38(46-36)35-27-34(28-9-15-31(16-10-28)43(3)4)40(42-41-35)39-24-22-37(47-39)30-13-19-33(20-14-30)45-26-8-6-2/h9-24,27H,5-8,25-26H2,1-4H3. The van der Waals surface area contributed by atoms with E-state index >= 15 is 0 Å². The van der Waals surface area contributed by atoms with E-state index in [2.05, 4.69) is 136 Å². The van der Waals surface area contributed by atoms with E-state index in [1.807, 2.05) is 0 Å². The summed E-state index contributed by atoms with van der Waals surface area (Å²) in [6.07, 6.45) is 4.38. The minimum atomic E-state index is 0.750. The van der Waals surface area contributed by atoms with Crippen LogP contribution in [-0.4, -0.2) is 37.5 Å². The van der Waals surface area contributed by atoms with Gasteiger partial charge in [-0.15, -0.1) is 32.9 Å². The molecule has 7 heteroatoms. The van der Waals surface area contributed by atoms with E-state index in [0.717, 1.165) is 93.9 Å². The second-order valence-electron chi connectivity index (χ2n) is 11.7. The molecule has 0 bridgehead atoms. The maximum atomic E-state index is 5.87. The summed E-state index contributed by atoms with van der Waals surface area (Å²) in [7, 11) is 4.12. The van der Waals surface area contributed by atoms with Crippen LogP contribution >= 0.6 is 22.7 Å². The van der Waals surface area contributed by atoms with Gasteiger partial charge >= 0.3 is 0 Å². The Hall–Kier alpha value is -4.46. The van der Waals surface area contributed by atoms with Crippen LogP contribution in [0.3, 0.4) is 0 Å². The monoisotopic (exact) mass is 659 g/mol. The van der Waals surface area contributed by atoms with E-state index in [-0.39, 0.29) is 0 Å². The molecule has 0 aliphatic carbocycles. The fourth-order valence-electron chi connectivity index (χ4n) is 5.20. The van der Waals surface area contributed by atoms with Gasteiger partial charge in [-0.3, -0.25) is 0 Å². The van der Waals surface area contributed by atoms with Crippen LogP contribution in [0.5, 0.6) is 11.5 Å². The highest BCUT2D eigenvalue weighted by molar-refractivity contribution is 7.19. The molecule has 5 nitrogen and oxygen atoms in total. The molecule has 0 aliphatic rings. The highest BCUT2D eigenvalue weighted by atomic mass is 32.1. The molecule has 240 valence electrons. The van der Waals surface area contributed by atoms with E-state index in [9.17, 15) is 0 Å². The molecule has 0 unspecified atom stereocenters. The van der Waals surface area contributed by atoms with Gasteiger partial charge in [-0.1, -0.05) is 38.8 Å². The lowest BCUT2D eigenvalue weighted by molar-refractivity contribution is 0.309. The third kappa shape index (κ3) is 7.92. The second-order valence-corrected chi connectivity index (χ2v) is 13.9. The first-order valence-electron chi connectivity index (χ1n) is 16.3. The van der Waals surface area contributed by atoms with Crippen molar-refractivity contribution in [1.29, 1.82) is 0 Å². The minimum absolute atomic E-state index is 0.750. The Balaban J connectivity index is 1.30. The molecule has 0 spiro atoms. The molecule has 0 N–H and O–H groups in total. The summed E-state index contributed by atoms with van der Waals surface area (Å²) in [5.74, 6) is 1.82. The van der Waals surface area contributed by atoms with Crippen molar-refractivity contribution in [2.24, 2.45) is 0 Å². The summed E-state index contributed by atoms with van der Waals surface area (Å²) in [6.45, 7) is 5.85. The SMILES string of the molecule is CCCCOc1ccc(-c2ccc(-c3cc(-c4ccc(N(C)C)cc4)c(-c4ccc(-c5ccc(OCCCC)cc5)s4)nn3)s2)cc1. The molecule has 3 heterocycles. The van der Waals surface area contributed by atoms with Crippen molar-refractivity contribution < 1.29 is 9.47 Å². The molecule has 3 aromatic carbocycles. The molecule has 0 radical (unpaired) electrons. The number of benzene rings is 3. The molecule has 0 amide bonds. The molecule has 3 aromatic heterocycles. The Bertz CT molecular complexity index is 1870. The van der Waals surface area contributed by atoms with Crippen LogP contribution in [0.2, 0.25) is 0 Å². The predicted molar refractivity (Wildman–Crippen MR) is 200 cm³/mol. The van der Waals surface area contributed by atoms with Gasteiger partial charge in [0.05, 0.1) is 23.0 Å². The van der Waals surface area contributed by atoms with E-state index in [1.165, 1.54) is 15.3 Å². The van der Waals surface area contributed by atoms with Crippen LogP contribution < -0.4 is 14.4 Å². The molecule has 6 rings (SSSR count). The summed E-state index contributed by atoms with van der Waals surface area (Å²) < 4.78 is 11.7. The van der Waals surface area contributed by atoms with Crippen LogP contribution in [0.25, 0.3) is 53.2 Å². The maximum absolute atomic E-state index is 5.87. The van der Waals surface area contributed by atoms with Gasteiger partial charge in [0.1, 0.15) is 22.9 Å². The van der Waals surface area contributed by atoms with Crippen molar-refractivity contribution in [1.82, 2.24) is 10.2 Å². The number of anilines is 1. The summed E-state index contributed by atoms with van der Waals surface area (Å²) in [5.41, 5.74) is 7.42. The topological polar surface area (TPSA) is 47.5 Å². The van der Waals surface area contributed by atoms with Crippen LogP contribution in [0.15, 0.2) is 103 Å². The second kappa shape index (κ2) is 15.4. The number of aromatic nitrogens is 2. The summed E-state index contributed by atoms with van der Waals surface area (Å²) in [5, 5.41) is 9.64. The van der Waals surface area contributed by atoms with Gasteiger partial charge in [0.15, 0.2) is 0 Å². The van der Waals surface area contributed by atoms with Gasteiger partial charge in [0, 0.05) is 35.1 Å². The highest BCUT2D eigenvalue weighted by Crippen LogP contribution is 2.41. The average Bonchev–Trinajstić information content (AvgIpc) is 3.80. The number of rotatable bonds is 14. The lowest BCUT2D eigenvalue weighted by atomic mass is 10.0. The summed E-state index contributed by atoms with van der Waals surface area (Å²) >= 11 is 3.46. The number of hydrogen-bond acceptors (Lipinski definition) is 7. The Morgan fingerprint density at radius 1 is 0.553 bits per heavy atom. The van der Waals surface area contributed by atoms with Crippen LogP contribution in [-0.2, 0) is 0 Å². The zero-order chi connectivity index (χ0) is 32.6.